The number of benzene rings is 4. The van der Waals surface area contributed by atoms with Gasteiger partial charge in [-0.3, -0.25) is 14.9 Å². The van der Waals surface area contributed by atoms with E-state index in [1.807, 2.05) is 42.5 Å². The average molecular weight is 534 g/mol. The Balaban J connectivity index is 1.24. The Morgan fingerprint density at radius 3 is 2.49 bits per heavy atom. The van der Waals surface area contributed by atoms with Crippen molar-refractivity contribution in [2.24, 2.45) is 5.10 Å². The van der Waals surface area contributed by atoms with Crippen LogP contribution in [-0.2, 0) is 6.61 Å². The Morgan fingerprint density at radius 1 is 0.973 bits per heavy atom. The van der Waals surface area contributed by atoms with E-state index in [1.54, 1.807) is 12.1 Å². The Kier molecular flexibility index (Phi) is 6.76. The van der Waals surface area contributed by atoms with E-state index in [1.165, 1.54) is 30.5 Å². The van der Waals surface area contributed by atoms with Gasteiger partial charge in [-0.25, -0.2) is 5.43 Å². The van der Waals surface area contributed by atoms with Crippen LogP contribution in [0.25, 0.3) is 21.7 Å². The lowest BCUT2D eigenvalue weighted by Gasteiger charge is -2.11. The Labute approximate surface area is 220 Å². The number of rotatable bonds is 7. The van der Waals surface area contributed by atoms with E-state index in [-0.39, 0.29) is 18.1 Å². The molecule has 1 aromatic heterocycles. The van der Waals surface area contributed by atoms with Gasteiger partial charge >= 0.3 is 5.91 Å². The van der Waals surface area contributed by atoms with Gasteiger partial charge in [-0.1, -0.05) is 59.6 Å². The minimum atomic E-state index is -0.623. The molecule has 0 aliphatic rings. The van der Waals surface area contributed by atoms with Crippen molar-refractivity contribution >= 4 is 62.8 Å². The number of nitrogens with zero attached hydrogens (tertiary/aromatic N) is 2. The smallest absolute Gasteiger partial charge is 0.307 e. The molecule has 4 aromatic carbocycles. The molecule has 37 heavy (non-hydrogen) atoms. The van der Waals surface area contributed by atoms with Crippen molar-refractivity contribution in [3.05, 3.63) is 116 Å². The van der Waals surface area contributed by atoms with Crippen LogP contribution < -0.4 is 10.2 Å². The second-order valence-corrected chi connectivity index (χ2v) is 8.89. The molecule has 0 spiro atoms. The molecule has 10 heteroatoms. The number of furan rings is 1. The molecule has 5 rings (SSSR count). The quantitative estimate of drug-likeness (QED) is 0.136. The molecule has 0 fully saturated rings. The third-order valence-electron chi connectivity index (χ3n) is 5.53. The highest BCUT2D eigenvalue weighted by atomic mass is 35.5. The molecule has 1 amide bonds. The van der Waals surface area contributed by atoms with Gasteiger partial charge in [0.05, 0.1) is 21.2 Å². The number of hydrazone groups is 1. The molecular formula is C27H17Cl2N3O5. The Bertz CT molecular complexity index is 1670. The fraction of sp³-hybridized carbons (Fsp3) is 0.0370. The summed E-state index contributed by atoms with van der Waals surface area (Å²) in [5, 5.41) is 18.1. The maximum Gasteiger partial charge on any atom is 0.307 e. The third-order valence-corrected chi connectivity index (χ3v) is 6.09. The number of carbonyl (C=O) groups is 1. The summed E-state index contributed by atoms with van der Waals surface area (Å²) in [5.74, 6) is -0.321. The van der Waals surface area contributed by atoms with Crippen molar-refractivity contribution in [2.75, 3.05) is 0 Å². The summed E-state index contributed by atoms with van der Waals surface area (Å²) in [6, 6.07) is 22.8. The molecule has 1 heterocycles. The zero-order valence-corrected chi connectivity index (χ0v) is 20.5. The van der Waals surface area contributed by atoms with Crippen LogP contribution in [-0.4, -0.2) is 17.0 Å². The van der Waals surface area contributed by atoms with Crippen LogP contribution in [0.2, 0.25) is 10.0 Å². The van der Waals surface area contributed by atoms with Gasteiger partial charge in [0, 0.05) is 17.5 Å². The summed E-state index contributed by atoms with van der Waals surface area (Å²) >= 11 is 12.8. The summed E-state index contributed by atoms with van der Waals surface area (Å²) in [5.41, 5.74) is 4.10. The molecule has 0 unspecified atom stereocenters. The van der Waals surface area contributed by atoms with Crippen LogP contribution in [0.15, 0.2) is 88.4 Å². The minimum Gasteiger partial charge on any atom is -0.486 e. The highest BCUT2D eigenvalue weighted by molar-refractivity contribution is 6.37. The molecule has 0 aliphatic carbocycles. The highest BCUT2D eigenvalue weighted by Crippen LogP contribution is 2.34. The number of nitro benzene ring substituents is 1. The number of halogens is 2. The van der Waals surface area contributed by atoms with Crippen LogP contribution in [0.5, 0.6) is 5.75 Å². The van der Waals surface area contributed by atoms with Crippen molar-refractivity contribution in [3.63, 3.8) is 0 Å². The summed E-state index contributed by atoms with van der Waals surface area (Å²) < 4.78 is 11.3. The van der Waals surface area contributed by atoms with Gasteiger partial charge in [0.1, 0.15) is 12.2 Å². The van der Waals surface area contributed by atoms with E-state index < -0.39 is 10.8 Å². The van der Waals surface area contributed by atoms with E-state index in [2.05, 4.69) is 10.5 Å². The second-order valence-electron chi connectivity index (χ2n) is 8.07. The van der Waals surface area contributed by atoms with Gasteiger partial charge in [0.2, 0.25) is 0 Å². The number of hydrogen-bond acceptors (Lipinski definition) is 6. The topological polar surface area (TPSA) is 107 Å². The van der Waals surface area contributed by atoms with E-state index in [4.69, 9.17) is 32.4 Å². The fourth-order valence-corrected chi connectivity index (χ4v) is 4.37. The van der Waals surface area contributed by atoms with Crippen molar-refractivity contribution in [1.29, 1.82) is 0 Å². The Hall–Kier alpha value is -4.40. The molecular weight excluding hydrogens is 517 g/mol. The number of carbonyl (C=O) groups excluding carboxylic acids is 1. The monoisotopic (exact) mass is 533 g/mol. The van der Waals surface area contributed by atoms with E-state index in [9.17, 15) is 14.9 Å². The fourth-order valence-electron chi connectivity index (χ4n) is 3.75. The van der Waals surface area contributed by atoms with Crippen LogP contribution in [0.3, 0.4) is 0 Å². The molecule has 0 aliphatic heterocycles. The first kappa shape index (κ1) is 24.3. The van der Waals surface area contributed by atoms with Crippen LogP contribution in [0.1, 0.15) is 21.7 Å². The van der Waals surface area contributed by atoms with Gasteiger partial charge in [-0.2, -0.15) is 5.10 Å². The molecule has 0 atom stereocenters. The molecule has 0 bridgehead atoms. The summed E-state index contributed by atoms with van der Waals surface area (Å²) in [4.78, 5) is 22.8. The normalized spacial score (nSPS) is 11.3. The molecule has 8 nitrogen and oxygen atoms in total. The second kappa shape index (κ2) is 10.3. The number of amides is 1. The van der Waals surface area contributed by atoms with Gasteiger partial charge in [0.25, 0.3) is 5.69 Å². The maximum atomic E-state index is 12.4. The number of fused-ring (bicyclic) bond motifs is 2. The lowest BCUT2D eigenvalue weighted by molar-refractivity contribution is -0.384. The molecule has 0 saturated heterocycles. The minimum absolute atomic E-state index is 0.0406. The van der Waals surface area contributed by atoms with E-state index in [0.29, 0.717) is 32.3 Å². The van der Waals surface area contributed by atoms with Gasteiger partial charge in [0.15, 0.2) is 11.5 Å². The molecule has 5 aromatic rings. The largest absolute Gasteiger partial charge is 0.486 e. The summed E-state index contributed by atoms with van der Waals surface area (Å²) in [7, 11) is 0. The van der Waals surface area contributed by atoms with E-state index >= 15 is 0 Å². The number of nitrogens with one attached hydrogen (secondary N) is 1. The maximum absolute atomic E-state index is 12.4. The van der Waals surface area contributed by atoms with Crippen LogP contribution >= 0.6 is 23.2 Å². The lowest BCUT2D eigenvalue weighted by atomic mass is 10.1. The van der Waals surface area contributed by atoms with Gasteiger partial charge in [-0.15, -0.1) is 0 Å². The van der Waals surface area contributed by atoms with Crippen molar-refractivity contribution in [3.8, 4) is 5.75 Å². The molecule has 0 radical (unpaired) electrons. The first-order valence-electron chi connectivity index (χ1n) is 11.0. The SMILES string of the molecule is O=C(N/N=C\c1cc(Cl)c(OCc2ccc3ccccc3c2)c(Cl)c1)c1cc2cc([N+](=O)[O-])ccc2o1. The van der Waals surface area contributed by atoms with Crippen LogP contribution in [0, 0.1) is 10.1 Å². The summed E-state index contributed by atoms with van der Waals surface area (Å²) in [6.07, 6.45) is 1.37. The highest BCUT2D eigenvalue weighted by Gasteiger charge is 2.15. The first-order chi connectivity index (χ1) is 17.9. The summed E-state index contributed by atoms with van der Waals surface area (Å²) in [6.45, 7) is 0.286. The van der Waals surface area contributed by atoms with Crippen molar-refractivity contribution in [1.82, 2.24) is 5.43 Å². The van der Waals surface area contributed by atoms with Crippen LogP contribution in [0.4, 0.5) is 5.69 Å². The van der Waals surface area contributed by atoms with Gasteiger partial charge < -0.3 is 9.15 Å². The predicted octanol–water partition coefficient (Wildman–Crippen LogP) is 7.14. The first-order valence-corrected chi connectivity index (χ1v) is 11.7. The molecule has 1 N–H and O–H groups in total. The average Bonchev–Trinajstić information content (AvgIpc) is 3.32. The molecule has 184 valence electrons. The number of non-ortho nitro benzene ring substituents is 1. The molecule has 0 saturated carbocycles. The number of ether oxygens (including phenoxy) is 1. The third kappa shape index (κ3) is 5.40. The number of hydrogen-bond donors (Lipinski definition) is 1. The predicted molar refractivity (Wildman–Crippen MR) is 143 cm³/mol. The van der Waals surface area contributed by atoms with Crippen molar-refractivity contribution < 1.29 is 18.9 Å². The number of nitro groups is 1. The van der Waals surface area contributed by atoms with Gasteiger partial charge in [-0.05, 0) is 52.2 Å². The zero-order valence-electron chi connectivity index (χ0n) is 19.0. The zero-order chi connectivity index (χ0) is 25.9. The lowest BCUT2D eigenvalue weighted by Crippen LogP contribution is -2.16. The van der Waals surface area contributed by atoms with E-state index in [0.717, 1.165) is 16.3 Å². The van der Waals surface area contributed by atoms with Crippen molar-refractivity contribution in [2.45, 2.75) is 6.61 Å². The Morgan fingerprint density at radius 2 is 1.73 bits per heavy atom. The standard InChI is InChI=1S/C27H17Cl2N3O5/c28-22-10-17(11-23(29)26(22)36-15-16-5-6-18-3-1-2-4-19(18)9-16)14-30-31-27(33)25-13-20-12-21(32(34)35)7-8-24(20)37-25/h1-14H,15H2,(H,31,33)/b30-14-.